The molecular formula is C20H34N4O2S. The summed E-state index contributed by atoms with van der Waals surface area (Å²) in [6.07, 6.45) is 5.11. The minimum atomic E-state index is -3.16. The second-order valence-electron chi connectivity index (χ2n) is 7.82. The maximum atomic E-state index is 11.6. The molecule has 1 saturated heterocycles. The highest BCUT2D eigenvalue weighted by Gasteiger charge is 2.27. The summed E-state index contributed by atoms with van der Waals surface area (Å²) in [5.41, 5.74) is 1.06. The van der Waals surface area contributed by atoms with Crippen molar-refractivity contribution in [3.63, 3.8) is 0 Å². The fourth-order valence-electron chi connectivity index (χ4n) is 3.27. The van der Waals surface area contributed by atoms with Crippen LogP contribution in [0.15, 0.2) is 34.2 Å². The van der Waals surface area contributed by atoms with Gasteiger partial charge in [0, 0.05) is 24.9 Å². The molecule has 2 rings (SSSR count). The minimum absolute atomic E-state index is 0.0771. The zero-order valence-corrected chi connectivity index (χ0v) is 17.9. The van der Waals surface area contributed by atoms with E-state index >= 15 is 0 Å². The Morgan fingerprint density at radius 1 is 1.11 bits per heavy atom. The van der Waals surface area contributed by atoms with E-state index in [4.69, 9.17) is 0 Å². The van der Waals surface area contributed by atoms with Gasteiger partial charge in [-0.3, -0.25) is 4.90 Å². The lowest BCUT2D eigenvalue weighted by molar-refractivity contribution is 0.0982. The van der Waals surface area contributed by atoms with Crippen LogP contribution < -0.4 is 10.6 Å². The normalized spacial score (nSPS) is 17.0. The van der Waals surface area contributed by atoms with Crippen molar-refractivity contribution in [3.05, 3.63) is 29.8 Å². The molecular weight excluding hydrogens is 360 g/mol. The number of aliphatic imine (C=N–C) groups is 1. The molecule has 0 atom stereocenters. The number of sulfone groups is 1. The Balaban J connectivity index is 1.97. The largest absolute Gasteiger partial charge is 0.357 e. The number of hydrogen-bond donors (Lipinski definition) is 2. The molecule has 27 heavy (non-hydrogen) atoms. The Labute approximate surface area is 164 Å². The van der Waals surface area contributed by atoms with Crippen LogP contribution in [0.5, 0.6) is 0 Å². The molecule has 152 valence electrons. The van der Waals surface area contributed by atoms with Crippen LogP contribution in [0.3, 0.4) is 0 Å². The first-order valence-corrected chi connectivity index (χ1v) is 11.7. The molecule has 1 aliphatic rings. The van der Waals surface area contributed by atoms with Gasteiger partial charge < -0.3 is 10.6 Å². The highest BCUT2D eigenvalue weighted by molar-refractivity contribution is 7.90. The predicted octanol–water partition coefficient (Wildman–Crippen LogP) is 2.41. The van der Waals surface area contributed by atoms with E-state index in [1.165, 1.54) is 25.5 Å². The van der Waals surface area contributed by atoms with Crippen molar-refractivity contribution >= 4 is 15.8 Å². The molecule has 0 aliphatic carbocycles. The standard InChI is InChI=1S/C20H34N4O2S/c1-5-21-19(23-16-20(2,3)24-13-7-6-8-14-24)22-15-17-9-11-18(12-10-17)27(4,25)26/h9-12H,5-8,13-16H2,1-4H3,(H2,21,22,23). The Kier molecular flexibility index (Phi) is 7.68. The summed E-state index contributed by atoms with van der Waals surface area (Å²) >= 11 is 0. The second-order valence-corrected chi connectivity index (χ2v) is 9.84. The van der Waals surface area contributed by atoms with Crippen molar-refractivity contribution < 1.29 is 8.42 Å². The first-order valence-electron chi connectivity index (χ1n) is 9.78. The van der Waals surface area contributed by atoms with Gasteiger partial charge in [0.1, 0.15) is 0 Å². The third-order valence-electron chi connectivity index (χ3n) is 5.02. The van der Waals surface area contributed by atoms with Crippen molar-refractivity contribution in [2.75, 3.05) is 32.4 Å². The van der Waals surface area contributed by atoms with E-state index in [0.29, 0.717) is 11.4 Å². The number of nitrogens with one attached hydrogen (secondary N) is 2. The number of hydrogen-bond acceptors (Lipinski definition) is 4. The molecule has 6 nitrogen and oxygen atoms in total. The molecule has 7 heteroatoms. The lowest BCUT2D eigenvalue weighted by atomic mass is 9.98. The van der Waals surface area contributed by atoms with E-state index in [2.05, 4.69) is 34.4 Å². The maximum Gasteiger partial charge on any atom is 0.191 e. The molecule has 0 radical (unpaired) electrons. The fourth-order valence-corrected chi connectivity index (χ4v) is 3.90. The van der Waals surface area contributed by atoms with Crippen LogP contribution in [0, 0.1) is 0 Å². The van der Waals surface area contributed by atoms with Crippen LogP contribution in [-0.2, 0) is 16.4 Å². The zero-order valence-electron chi connectivity index (χ0n) is 17.1. The van der Waals surface area contributed by atoms with E-state index < -0.39 is 9.84 Å². The van der Waals surface area contributed by atoms with Crippen molar-refractivity contribution in [1.82, 2.24) is 15.5 Å². The third-order valence-corrected chi connectivity index (χ3v) is 6.14. The van der Waals surface area contributed by atoms with E-state index in [0.717, 1.165) is 37.7 Å². The lowest BCUT2D eigenvalue weighted by Gasteiger charge is -2.41. The van der Waals surface area contributed by atoms with Gasteiger partial charge in [-0.05, 0) is 64.4 Å². The summed E-state index contributed by atoms with van der Waals surface area (Å²) in [5.74, 6) is 0.787. The van der Waals surface area contributed by atoms with E-state index in [9.17, 15) is 8.42 Å². The molecule has 1 aromatic rings. The van der Waals surface area contributed by atoms with Crippen molar-refractivity contribution in [2.24, 2.45) is 4.99 Å². The predicted molar refractivity (Wildman–Crippen MR) is 112 cm³/mol. The van der Waals surface area contributed by atoms with Crippen LogP contribution in [0.4, 0.5) is 0 Å². The van der Waals surface area contributed by atoms with E-state index in [1.54, 1.807) is 12.1 Å². The van der Waals surface area contributed by atoms with E-state index in [1.807, 2.05) is 19.1 Å². The minimum Gasteiger partial charge on any atom is -0.357 e. The van der Waals surface area contributed by atoms with Crippen LogP contribution in [0.25, 0.3) is 0 Å². The van der Waals surface area contributed by atoms with Gasteiger partial charge in [0.15, 0.2) is 15.8 Å². The average Bonchev–Trinajstić information content (AvgIpc) is 2.64. The van der Waals surface area contributed by atoms with Gasteiger partial charge in [-0.1, -0.05) is 18.6 Å². The Bertz CT molecular complexity index is 721. The molecule has 0 aromatic heterocycles. The Morgan fingerprint density at radius 2 is 1.74 bits per heavy atom. The van der Waals surface area contributed by atoms with Crippen molar-refractivity contribution in [3.8, 4) is 0 Å². The highest BCUT2D eigenvalue weighted by Crippen LogP contribution is 2.19. The summed E-state index contributed by atoms with van der Waals surface area (Å²) in [6, 6.07) is 6.92. The summed E-state index contributed by atoms with van der Waals surface area (Å²) < 4.78 is 23.1. The second kappa shape index (κ2) is 9.55. The first-order chi connectivity index (χ1) is 12.7. The van der Waals surface area contributed by atoms with Crippen LogP contribution in [0.1, 0.15) is 45.6 Å². The quantitative estimate of drug-likeness (QED) is 0.549. The van der Waals surface area contributed by atoms with Crippen LogP contribution >= 0.6 is 0 Å². The van der Waals surface area contributed by atoms with Crippen LogP contribution in [0.2, 0.25) is 0 Å². The zero-order chi connectivity index (χ0) is 19.9. The summed E-state index contributed by atoms with van der Waals surface area (Å²) in [6.45, 7) is 11.0. The van der Waals surface area contributed by atoms with Gasteiger partial charge in [-0.15, -0.1) is 0 Å². The number of likely N-dealkylation sites (tertiary alicyclic amines) is 1. The molecule has 0 spiro atoms. The SMILES string of the molecule is CCNC(=NCc1ccc(S(C)(=O)=O)cc1)NCC(C)(C)N1CCCCC1. The van der Waals surface area contributed by atoms with Crippen LogP contribution in [-0.4, -0.2) is 57.3 Å². The smallest absolute Gasteiger partial charge is 0.191 e. The third kappa shape index (κ3) is 6.81. The van der Waals surface area contributed by atoms with Crippen molar-refractivity contribution in [2.45, 2.75) is 57.0 Å². The summed E-state index contributed by atoms with van der Waals surface area (Å²) in [5, 5.41) is 6.75. The molecule has 1 heterocycles. The molecule has 1 aromatic carbocycles. The number of piperidine rings is 1. The average molecular weight is 395 g/mol. The number of nitrogens with zero attached hydrogens (tertiary/aromatic N) is 2. The van der Waals surface area contributed by atoms with Gasteiger partial charge in [-0.25, -0.2) is 13.4 Å². The van der Waals surface area contributed by atoms with E-state index in [-0.39, 0.29) is 5.54 Å². The fraction of sp³-hybridized carbons (Fsp3) is 0.650. The maximum absolute atomic E-state index is 11.6. The molecule has 1 aliphatic heterocycles. The number of guanidine groups is 1. The highest BCUT2D eigenvalue weighted by atomic mass is 32.2. The molecule has 0 unspecified atom stereocenters. The Hall–Kier alpha value is -1.60. The number of rotatable bonds is 7. The van der Waals surface area contributed by atoms with Gasteiger partial charge in [0.25, 0.3) is 0 Å². The van der Waals surface area contributed by atoms with Crippen molar-refractivity contribution in [1.29, 1.82) is 0 Å². The molecule has 0 bridgehead atoms. The summed E-state index contributed by atoms with van der Waals surface area (Å²) in [4.78, 5) is 7.54. The molecule has 0 saturated carbocycles. The summed E-state index contributed by atoms with van der Waals surface area (Å²) in [7, 11) is -3.16. The van der Waals surface area contributed by atoms with Gasteiger partial charge in [0.2, 0.25) is 0 Å². The molecule has 0 amide bonds. The van der Waals surface area contributed by atoms with Gasteiger partial charge >= 0.3 is 0 Å². The number of benzene rings is 1. The molecule has 2 N–H and O–H groups in total. The Morgan fingerprint density at radius 3 is 2.30 bits per heavy atom. The first kappa shape index (κ1) is 21.7. The topological polar surface area (TPSA) is 73.8 Å². The molecule has 1 fully saturated rings. The van der Waals surface area contributed by atoms with Gasteiger partial charge in [0.05, 0.1) is 11.4 Å². The monoisotopic (exact) mass is 394 g/mol. The van der Waals surface area contributed by atoms with Gasteiger partial charge in [-0.2, -0.15) is 0 Å². The lowest BCUT2D eigenvalue weighted by Crippen LogP contribution is -2.54.